The molecule has 0 aliphatic rings. The Morgan fingerprint density at radius 1 is 1.44 bits per heavy atom. The topological polar surface area (TPSA) is 12.0 Å². The van der Waals surface area contributed by atoms with Gasteiger partial charge in [-0.05, 0) is 33.0 Å². The molecule has 0 aliphatic carbocycles. The second kappa shape index (κ2) is 6.71. The molecule has 16 heavy (non-hydrogen) atoms. The molecule has 0 amide bonds. The van der Waals surface area contributed by atoms with Gasteiger partial charge in [0.05, 0.1) is 0 Å². The zero-order chi connectivity index (χ0) is 12.0. The van der Waals surface area contributed by atoms with Gasteiger partial charge >= 0.3 is 0 Å². The van der Waals surface area contributed by atoms with E-state index < -0.39 is 0 Å². The van der Waals surface area contributed by atoms with Crippen LogP contribution >= 0.6 is 11.8 Å². The Morgan fingerprint density at radius 3 is 2.69 bits per heavy atom. The van der Waals surface area contributed by atoms with Crippen LogP contribution in [-0.4, -0.2) is 18.8 Å². The first-order valence-corrected chi connectivity index (χ1v) is 6.31. The van der Waals surface area contributed by atoms with Gasteiger partial charge in [-0.2, -0.15) is 0 Å². The second-order valence-electron chi connectivity index (χ2n) is 3.88. The van der Waals surface area contributed by atoms with E-state index in [1.165, 1.54) is 23.4 Å². The minimum absolute atomic E-state index is 0.139. The third-order valence-electron chi connectivity index (χ3n) is 2.16. The van der Waals surface area contributed by atoms with Crippen LogP contribution in [0.3, 0.4) is 0 Å². The minimum Gasteiger partial charge on any atom is -0.313 e. The molecule has 1 N–H and O–H groups in total. The van der Waals surface area contributed by atoms with Crippen molar-refractivity contribution in [3.05, 3.63) is 41.7 Å². The van der Waals surface area contributed by atoms with E-state index in [4.69, 9.17) is 0 Å². The smallest absolute Gasteiger partial charge is 0.136 e. The summed E-state index contributed by atoms with van der Waals surface area (Å²) in [5.74, 6) is 0.697. The Hall–Kier alpha value is -0.800. The van der Waals surface area contributed by atoms with Crippen molar-refractivity contribution in [2.75, 3.05) is 12.8 Å². The molecule has 0 bridgehead atoms. The van der Waals surface area contributed by atoms with Crippen molar-refractivity contribution < 1.29 is 4.39 Å². The lowest BCUT2D eigenvalue weighted by molar-refractivity contribution is 0.601. The Morgan fingerprint density at radius 2 is 2.12 bits per heavy atom. The molecule has 0 aliphatic heterocycles. The molecule has 1 nitrogen and oxygen atoms in total. The predicted octanol–water partition coefficient (Wildman–Crippen LogP) is 3.47. The zero-order valence-corrected chi connectivity index (χ0v) is 10.8. The van der Waals surface area contributed by atoms with Gasteiger partial charge in [0.1, 0.15) is 5.82 Å². The average Bonchev–Trinajstić information content (AvgIpc) is 2.25. The van der Waals surface area contributed by atoms with Crippen molar-refractivity contribution in [1.29, 1.82) is 0 Å². The van der Waals surface area contributed by atoms with Crippen molar-refractivity contribution in [2.24, 2.45) is 0 Å². The fourth-order valence-corrected chi connectivity index (χ4v) is 2.36. The zero-order valence-electron chi connectivity index (χ0n) is 9.96. The van der Waals surface area contributed by atoms with E-state index in [2.05, 4.69) is 25.2 Å². The third kappa shape index (κ3) is 4.37. The van der Waals surface area contributed by atoms with Gasteiger partial charge in [0.25, 0.3) is 0 Å². The summed E-state index contributed by atoms with van der Waals surface area (Å²) in [7, 11) is 1.92. The SMILES string of the molecule is CNC(C=C(C)C)CSc1ccccc1F. The monoisotopic (exact) mass is 239 g/mol. The van der Waals surface area contributed by atoms with Gasteiger partial charge in [0.15, 0.2) is 0 Å². The summed E-state index contributed by atoms with van der Waals surface area (Å²) in [5, 5.41) is 3.20. The molecule has 0 fully saturated rings. The Labute approximate surface area is 101 Å². The fourth-order valence-electron chi connectivity index (χ4n) is 1.36. The lowest BCUT2D eigenvalue weighted by atomic mass is 10.2. The van der Waals surface area contributed by atoms with Crippen molar-refractivity contribution in [2.45, 2.75) is 24.8 Å². The van der Waals surface area contributed by atoms with Crippen LogP contribution < -0.4 is 5.32 Å². The van der Waals surface area contributed by atoms with Gasteiger partial charge in [0, 0.05) is 16.7 Å². The number of hydrogen-bond donors (Lipinski definition) is 1. The Bertz CT molecular complexity index is 359. The quantitative estimate of drug-likeness (QED) is 0.623. The van der Waals surface area contributed by atoms with E-state index in [1.54, 1.807) is 6.07 Å². The predicted molar refractivity (Wildman–Crippen MR) is 69.4 cm³/mol. The summed E-state index contributed by atoms with van der Waals surface area (Å²) in [6.07, 6.45) is 2.16. The molecular formula is C13H18FNS. The van der Waals surface area contributed by atoms with E-state index >= 15 is 0 Å². The van der Waals surface area contributed by atoms with Gasteiger partial charge in [-0.3, -0.25) is 0 Å². The van der Waals surface area contributed by atoms with E-state index in [0.717, 1.165) is 5.75 Å². The van der Waals surface area contributed by atoms with Crippen molar-refractivity contribution in [3.63, 3.8) is 0 Å². The average molecular weight is 239 g/mol. The molecular weight excluding hydrogens is 221 g/mol. The summed E-state index contributed by atoms with van der Waals surface area (Å²) in [6, 6.07) is 7.17. The number of hydrogen-bond acceptors (Lipinski definition) is 2. The van der Waals surface area contributed by atoms with Gasteiger partial charge in [-0.1, -0.05) is 23.8 Å². The van der Waals surface area contributed by atoms with Gasteiger partial charge < -0.3 is 5.32 Å². The van der Waals surface area contributed by atoms with Crippen LogP contribution in [0, 0.1) is 5.82 Å². The first-order chi connectivity index (χ1) is 7.63. The van der Waals surface area contributed by atoms with Crippen molar-refractivity contribution >= 4 is 11.8 Å². The highest BCUT2D eigenvalue weighted by Crippen LogP contribution is 2.22. The molecule has 1 aromatic rings. The molecule has 0 saturated carbocycles. The van der Waals surface area contributed by atoms with Crippen LogP contribution in [-0.2, 0) is 0 Å². The van der Waals surface area contributed by atoms with Crippen LogP contribution in [0.2, 0.25) is 0 Å². The molecule has 1 unspecified atom stereocenters. The number of thioether (sulfide) groups is 1. The van der Waals surface area contributed by atoms with Crippen LogP contribution in [0.15, 0.2) is 40.8 Å². The summed E-state index contributed by atoms with van der Waals surface area (Å²) in [4.78, 5) is 0.713. The highest BCUT2D eigenvalue weighted by atomic mass is 32.2. The first-order valence-electron chi connectivity index (χ1n) is 5.33. The van der Waals surface area contributed by atoms with Gasteiger partial charge in [-0.15, -0.1) is 11.8 Å². The molecule has 1 aromatic carbocycles. The molecule has 0 aromatic heterocycles. The molecule has 88 valence electrons. The van der Waals surface area contributed by atoms with Gasteiger partial charge in [0.2, 0.25) is 0 Å². The summed E-state index contributed by atoms with van der Waals surface area (Å²) in [5.41, 5.74) is 1.27. The fraction of sp³-hybridized carbons (Fsp3) is 0.385. The van der Waals surface area contributed by atoms with E-state index in [9.17, 15) is 4.39 Å². The normalized spacial score (nSPS) is 12.2. The highest BCUT2D eigenvalue weighted by Gasteiger charge is 2.06. The molecule has 0 spiro atoms. The number of benzene rings is 1. The molecule has 0 heterocycles. The summed E-state index contributed by atoms with van der Waals surface area (Å²) in [6.45, 7) is 4.14. The first kappa shape index (κ1) is 13.3. The van der Waals surface area contributed by atoms with E-state index in [1.807, 2.05) is 19.2 Å². The Balaban J connectivity index is 2.56. The third-order valence-corrected chi connectivity index (χ3v) is 3.33. The minimum atomic E-state index is -0.139. The number of rotatable bonds is 5. The van der Waals surface area contributed by atoms with Crippen LogP contribution in [0.5, 0.6) is 0 Å². The standard InChI is InChI=1S/C13H18FNS/c1-10(2)8-11(15-3)9-16-13-7-5-4-6-12(13)14/h4-8,11,15H,9H2,1-3H3. The Kier molecular flexibility index (Phi) is 5.56. The number of nitrogens with one attached hydrogen (secondary N) is 1. The summed E-state index contributed by atoms with van der Waals surface area (Å²) >= 11 is 1.54. The van der Waals surface area contributed by atoms with Crippen molar-refractivity contribution in [1.82, 2.24) is 5.32 Å². The molecule has 0 saturated heterocycles. The van der Waals surface area contributed by atoms with E-state index in [-0.39, 0.29) is 11.9 Å². The largest absolute Gasteiger partial charge is 0.313 e. The maximum Gasteiger partial charge on any atom is 0.136 e. The van der Waals surface area contributed by atoms with Crippen molar-refractivity contribution in [3.8, 4) is 0 Å². The number of allylic oxidation sites excluding steroid dienone is 1. The number of halogens is 1. The van der Waals surface area contributed by atoms with Crippen LogP contribution in [0.4, 0.5) is 4.39 Å². The van der Waals surface area contributed by atoms with Crippen LogP contribution in [0.1, 0.15) is 13.8 Å². The maximum absolute atomic E-state index is 13.3. The van der Waals surface area contributed by atoms with Crippen LogP contribution in [0.25, 0.3) is 0 Å². The highest BCUT2D eigenvalue weighted by molar-refractivity contribution is 7.99. The lowest BCUT2D eigenvalue weighted by Crippen LogP contribution is -2.25. The van der Waals surface area contributed by atoms with E-state index in [0.29, 0.717) is 4.90 Å². The molecule has 1 rings (SSSR count). The maximum atomic E-state index is 13.3. The molecule has 1 atom stereocenters. The number of likely N-dealkylation sites (N-methyl/N-ethyl adjacent to an activating group) is 1. The molecule has 0 radical (unpaired) electrons. The molecule has 3 heteroatoms. The van der Waals surface area contributed by atoms with Gasteiger partial charge in [-0.25, -0.2) is 4.39 Å². The summed E-state index contributed by atoms with van der Waals surface area (Å²) < 4.78 is 13.3. The second-order valence-corrected chi connectivity index (χ2v) is 4.94. The lowest BCUT2D eigenvalue weighted by Gasteiger charge is -2.12.